The van der Waals surface area contributed by atoms with Crippen LogP contribution in [-0.4, -0.2) is 24.5 Å². The van der Waals surface area contributed by atoms with Crippen LogP contribution in [0.4, 0.5) is 4.79 Å². The molecule has 0 aromatic carbocycles. The number of nitrogens with one attached hydrogen (secondary N) is 2. The molecule has 23 heavy (non-hydrogen) atoms. The molecule has 0 atom stereocenters. The molecule has 0 bridgehead atoms. The van der Waals surface area contributed by atoms with Crippen molar-refractivity contribution in [1.29, 1.82) is 0 Å². The molecule has 2 rings (SSSR count). The number of carbonyl (C=O) groups is 3. The summed E-state index contributed by atoms with van der Waals surface area (Å²) in [6.07, 6.45) is 0.789. The Morgan fingerprint density at radius 2 is 1.74 bits per heavy atom. The normalized spacial score (nSPS) is 10.1. The summed E-state index contributed by atoms with van der Waals surface area (Å²) in [6, 6.07) is 6.98. The number of urea groups is 1. The van der Waals surface area contributed by atoms with Gasteiger partial charge in [0.1, 0.15) is 0 Å². The van der Waals surface area contributed by atoms with E-state index in [9.17, 15) is 14.4 Å². The zero-order chi connectivity index (χ0) is 16.5. The van der Waals surface area contributed by atoms with E-state index >= 15 is 0 Å². The molecule has 2 N–H and O–H groups in total. The van der Waals surface area contributed by atoms with E-state index in [0.29, 0.717) is 13.0 Å². The van der Waals surface area contributed by atoms with E-state index in [4.69, 9.17) is 4.74 Å². The van der Waals surface area contributed by atoms with Crippen LogP contribution in [-0.2, 0) is 27.3 Å². The number of carbonyl (C=O) groups excluding carboxylic acids is 3. The Kier molecular flexibility index (Phi) is 6.76. The first-order chi connectivity index (χ1) is 11.1. The molecule has 0 saturated carbocycles. The second kappa shape index (κ2) is 9.06. The van der Waals surface area contributed by atoms with Gasteiger partial charge in [0.25, 0.3) is 5.91 Å². The Morgan fingerprint density at radius 1 is 1.04 bits per heavy atom. The van der Waals surface area contributed by atoms with Crippen LogP contribution in [0.3, 0.4) is 0 Å². The van der Waals surface area contributed by atoms with Gasteiger partial charge >= 0.3 is 12.0 Å². The first kappa shape index (κ1) is 17.2. The van der Waals surface area contributed by atoms with Crippen molar-refractivity contribution in [2.45, 2.75) is 19.4 Å². The van der Waals surface area contributed by atoms with Gasteiger partial charge in [0, 0.05) is 9.75 Å². The third-order valence-electron chi connectivity index (χ3n) is 2.78. The molecule has 2 aromatic rings. The Balaban J connectivity index is 1.58. The molecule has 3 amide bonds. The standard InChI is InChI=1S/C15H16N2O4S2/c18-13(17-15(20)16-9-12-4-2-8-23-12)10-21-14(19)6-5-11-3-1-7-22-11/h1-4,7-8H,5-6,9-10H2,(H2,16,17,18,20). The molecular formula is C15H16N2O4S2. The zero-order valence-electron chi connectivity index (χ0n) is 12.2. The summed E-state index contributed by atoms with van der Waals surface area (Å²) in [5, 5.41) is 8.49. The summed E-state index contributed by atoms with van der Waals surface area (Å²) >= 11 is 3.07. The van der Waals surface area contributed by atoms with Crippen molar-refractivity contribution in [2.75, 3.05) is 6.61 Å². The molecule has 2 heterocycles. The number of amides is 3. The van der Waals surface area contributed by atoms with Gasteiger partial charge in [-0.2, -0.15) is 0 Å². The Morgan fingerprint density at radius 3 is 2.39 bits per heavy atom. The van der Waals surface area contributed by atoms with E-state index < -0.39 is 24.5 Å². The van der Waals surface area contributed by atoms with Crippen molar-refractivity contribution in [3.8, 4) is 0 Å². The fraction of sp³-hybridized carbons (Fsp3) is 0.267. The van der Waals surface area contributed by atoms with Crippen molar-refractivity contribution in [3.63, 3.8) is 0 Å². The molecule has 0 aliphatic heterocycles. The average molecular weight is 352 g/mol. The van der Waals surface area contributed by atoms with Gasteiger partial charge in [0.05, 0.1) is 13.0 Å². The highest BCUT2D eigenvalue weighted by atomic mass is 32.1. The first-order valence-electron chi connectivity index (χ1n) is 6.91. The number of thiophene rings is 2. The molecule has 6 nitrogen and oxygen atoms in total. The van der Waals surface area contributed by atoms with E-state index in [1.54, 1.807) is 11.3 Å². The second-order valence-electron chi connectivity index (χ2n) is 4.55. The summed E-state index contributed by atoms with van der Waals surface area (Å²) < 4.78 is 4.83. The highest BCUT2D eigenvalue weighted by Crippen LogP contribution is 2.11. The summed E-state index contributed by atoms with van der Waals surface area (Å²) in [7, 11) is 0. The smallest absolute Gasteiger partial charge is 0.321 e. The number of hydrogen-bond donors (Lipinski definition) is 2. The minimum absolute atomic E-state index is 0.207. The lowest BCUT2D eigenvalue weighted by atomic mass is 10.3. The van der Waals surface area contributed by atoms with Crippen LogP contribution in [0.2, 0.25) is 0 Å². The average Bonchev–Trinajstić information content (AvgIpc) is 3.22. The molecule has 0 aliphatic carbocycles. The van der Waals surface area contributed by atoms with Crippen molar-refractivity contribution < 1.29 is 19.1 Å². The van der Waals surface area contributed by atoms with E-state index in [1.165, 1.54) is 11.3 Å². The molecule has 0 saturated heterocycles. The maximum atomic E-state index is 11.5. The Labute approximate surface area is 141 Å². The van der Waals surface area contributed by atoms with Gasteiger partial charge in [0.15, 0.2) is 6.61 Å². The molecule has 0 spiro atoms. The topological polar surface area (TPSA) is 84.5 Å². The van der Waals surface area contributed by atoms with Crippen LogP contribution >= 0.6 is 22.7 Å². The predicted molar refractivity (Wildman–Crippen MR) is 88.3 cm³/mol. The summed E-state index contributed by atoms with van der Waals surface area (Å²) in [5.41, 5.74) is 0. The number of esters is 1. The predicted octanol–water partition coefficient (Wildman–Crippen LogP) is 2.31. The summed E-state index contributed by atoms with van der Waals surface area (Å²) in [4.78, 5) is 36.6. The largest absolute Gasteiger partial charge is 0.456 e. The quantitative estimate of drug-likeness (QED) is 0.749. The second-order valence-corrected chi connectivity index (χ2v) is 6.61. The van der Waals surface area contributed by atoms with Gasteiger partial charge in [-0.3, -0.25) is 14.9 Å². The van der Waals surface area contributed by atoms with Crippen molar-refractivity contribution >= 4 is 40.6 Å². The van der Waals surface area contributed by atoms with Crippen LogP contribution in [0.5, 0.6) is 0 Å². The SMILES string of the molecule is O=C(COC(=O)CCc1cccs1)NC(=O)NCc1cccs1. The molecule has 0 unspecified atom stereocenters. The van der Waals surface area contributed by atoms with E-state index in [-0.39, 0.29) is 6.42 Å². The lowest BCUT2D eigenvalue weighted by Gasteiger charge is -2.06. The number of hydrogen-bond acceptors (Lipinski definition) is 6. The fourth-order valence-corrected chi connectivity index (χ4v) is 3.04. The molecule has 2 aromatic heterocycles. The molecule has 0 fully saturated rings. The summed E-state index contributed by atoms with van der Waals surface area (Å²) in [6.45, 7) is -0.118. The third kappa shape index (κ3) is 6.62. The molecule has 122 valence electrons. The number of imide groups is 1. The lowest BCUT2D eigenvalue weighted by molar-refractivity contribution is -0.148. The minimum atomic E-state index is -0.654. The van der Waals surface area contributed by atoms with Gasteiger partial charge in [-0.25, -0.2) is 4.79 Å². The molecule has 8 heteroatoms. The minimum Gasteiger partial charge on any atom is -0.456 e. The molecular weight excluding hydrogens is 336 g/mol. The van der Waals surface area contributed by atoms with Crippen molar-refractivity contribution in [1.82, 2.24) is 10.6 Å². The maximum Gasteiger partial charge on any atom is 0.321 e. The van der Waals surface area contributed by atoms with Crippen molar-refractivity contribution in [3.05, 3.63) is 44.8 Å². The number of ether oxygens (including phenoxy) is 1. The van der Waals surface area contributed by atoms with Crippen LogP contribution < -0.4 is 10.6 Å². The monoisotopic (exact) mass is 352 g/mol. The van der Waals surface area contributed by atoms with Gasteiger partial charge in [-0.1, -0.05) is 12.1 Å². The zero-order valence-corrected chi connectivity index (χ0v) is 13.9. The highest BCUT2D eigenvalue weighted by molar-refractivity contribution is 7.10. The fourth-order valence-electron chi connectivity index (χ4n) is 1.69. The molecule has 0 aliphatic rings. The van der Waals surface area contributed by atoms with Crippen LogP contribution in [0.1, 0.15) is 16.2 Å². The Bertz CT molecular complexity index is 639. The van der Waals surface area contributed by atoms with Crippen LogP contribution in [0, 0.1) is 0 Å². The van der Waals surface area contributed by atoms with Gasteiger partial charge in [-0.05, 0) is 29.3 Å². The van der Waals surface area contributed by atoms with E-state index in [1.807, 2.05) is 35.0 Å². The third-order valence-corrected chi connectivity index (χ3v) is 4.59. The maximum absolute atomic E-state index is 11.5. The van der Waals surface area contributed by atoms with E-state index in [2.05, 4.69) is 10.6 Å². The van der Waals surface area contributed by atoms with Gasteiger partial charge in [-0.15, -0.1) is 22.7 Å². The van der Waals surface area contributed by atoms with Gasteiger partial charge < -0.3 is 10.1 Å². The number of aryl methyl sites for hydroxylation is 1. The van der Waals surface area contributed by atoms with E-state index in [0.717, 1.165) is 9.75 Å². The van der Waals surface area contributed by atoms with Crippen LogP contribution in [0.15, 0.2) is 35.0 Å². The lowest BCUT2D eigenvalue weighted by Crippen LogP contribution is -2.41. The van der Waals surface area contributed by atoms with Gasteiger partial charge in [0.2, 0.25) is 0 Å². The summed E-state index contributed by atoms with van der Waals surface area (Å²) in [5.74, 6) is -1.12. The Hall–Kier alpha value is -2.19. The first-order valence-corrected chi connectivity index (χ1v) is 8.67. The van der Waals surface area contributed by atoms with Crippen LogP contribution in [0.25, 0.3) is 0 Å². The molecule has 0 radical (unpaired) electrons. The van der Waals surface area contributed by atoms with Crippen molar-refractivity contribution in [2.24, 2.45) is 0 Å². The number of rotatable bonds is 7. The highest BCUT2D eigenvalue weighted by Gasteiger charge is 2.11.